The number of Topliss-reactive ketones (excluding diaryl/α,β-unsaturated/α-hetero) is 1. The molecule has 0 bridgehead atoms. The van der Waals surface area contributed by atoms with Crippen LogP contribution in [0.1, 0.15) is 32.3 Å². The molecule has 0 aromatic heterocycles. The van der Waals surface area contributed by atoms with E-state index in [2.05, 4.69) is 18.7 Å². The molecule has 1 aliphatic rings. The van der Waals surface area contributed by atoms with Gasteiger partial charge in [-0.25, -0.2) is 4.39 Å². The minimum Gasteiger partial charge on any atom is -0.298 e. The summed E-state index contributed by atoms with van der Waals surface area (Å²) >= 11 is 0. The first kappa shape index (κ1) is 14.2. The average Bonchev–Trinajstić information content (AvgIpc) is 2.30. The van der Waals surface area contributed by atoms with Gasteiger partial charge in [0.1, 0.15) is 5.82 Å². The molecule has 0 saturated carbocycles. The fourth-order valence-corrected chi connectivity index (χ4v) is 2.84. The van der Waals surface area contributed by atoms with Gasteiger partial charge in [-0.15, -0.1) is 0 Å². The molecule has 0 amide bonds. The van der Waals surface area contributed by atoms with Crippen LogP contribution in [0.2, 0.25) is 0 Å². The predicted octanol–water partition coefficient (Wildman–Crippen LogP) is 3.06. The van der Waals surface area contributed by atoms with Crippen molar-refractivity contribution >= 4 is 5.78 Å². The predicted molar refractivity (Wildman–Crippen MR) is 74.6 cm³/mol. The molecule has 0 spiro atoms. The van der Waals surface area contributed by atoms with Gasteiger partial charge in [0.2, 0.25) is 0 Å². The average molecular weight is 263 g/mol. The second kappa shape index (κ2) is 5.83. The number of likely N-dealkylation sites (tertiary alicyclic amines) is 1. The van der Waals surface area contributed by atoms with E-state index in [4.69, 9.17) is 0 Å². The highest BCUT2D eigenvalue weighted by Gasteiger charge is 2.27. The highest BCUT2D eigenvalue weighted by molar-refractivity contribution is 5.82. The second-order valence-corrected chi connectivity index (χ2v) is 6.29. The Morgan fingerprint density at radius 2 is 2.11 bits per heavy atom. The Kier molecular flexibility index (Phi) is 4.35. The molecule has 1 fully saturated rings. The zero-order valence-corrected chi connectivity index (χ0v) is 11.8. The van der Waals surface area contributed by atoms with Gasteiger partial charge in [0.25, 0.3) is 0 Å². The number of benzene rings is 1. The molecule has 1 aliphatic heterocycles. The van der Waals surface area contributed by atoms with Crippen molar-refractivity contribution in [2.75, 3.05) is 19.6 Å². The number of hydrogen-bond acceptors (Lipinski definition) is 2. The summed E-state index contributed by atoms with van der Waals surface area (Å²) in [5.74, 6) is -0.183. The molecule has 2 nitrogen and oxygen atoms in total. The van der Waals surface area contributed by atoms with Crippen LogP contribution < -0.4 is 0 Å². The largest absolute Gasteiger partial charge is 0.298 e. The minimum absolute atomic E-state index is 0.0998. The molecule has 0 N–H and O–H groups in total. The van der Waals surface area contributed by atoms with Crippen molar-refractivity contribution in [1.29, 1.82) is 0 Å². The van der Waals surface area contributed by atoms with Gasteiger partial charge >= 0.3 is 0 Å². The van der Waals surface area contributed by atoms with E-state index in [9.17, 15) is 9.18 Å². The molecule has 0 aliphatic carbocycles. The van der Waals surface area contributed by atoms with Gasteiger partial charge in [-0.1, -0.05) is 32.0 Å². The second-order valence-electron chi connectivity index (χ2n) is 6.29. The van der Waals surface area contributed by atoms with E-state index in [1.807, 2.05) is 0 Å². The normalized spacial score (nSPS) is 19.3. The van der Waals surface area contributed by atoms with Crippen molar-refractivity contribution in [3.05, 3.63) is 35.6 Å². The van der Waals surface area contributed by atoms with E-state index in [1.165, 1.54) is 12.5 Å². The molecule has 2 rings (SSSR count). The van der Waals surface area contributed by atoms with Crippen LogP contribution in [0, 0.1) is 11.2 Å². The van der Waals surface area contributed by atoms with Gasteiger partial charge < -0.3 is 0 Å². The maximum Gasteiger partial charge on any atom is 0.151 e. The maximum atomic E-state index is 13.5. The Balaban J connectivity index is 1.90. The van der Waals surface area contributed by atoms with Crippen LogP contribution in [0.4, 0.5) is 4.39 Å². The van der Waals surface area contributed by atoms with Crippen LogP contribution in [-0.4, -0.2) is 30.3 Å². The van der Waals surface area contributed by atoms with E-state index in [0.29, 0.717) is 12.1 Å². The third kappa shape index (κ3) is 4.13. The lowest BCUT2D eigenvalue weighted by Crippen LogP contribution is -2.42. The van der Waals surface area contributed by atoms with Crippen molar-refractivity contribution in [3.63, 3.8) is 0 Å². The Morgan fingerprint density at radius 1 is 1.37 bits per heavy atom. The number of halogens is 1. The van der Waals surface area contributed by atoms with Crippen molar-refractivity contribution in [3.8, 4) is 0 Å². The van der Waals surface area contributed by atoms with Gasteiger partial charge in [0.05, 0.1) is 6.54 Å². The Bertz CT molecular complexity index is 456. The zero-order valence-electron chi connectivity index (χ0n) is 11.8. The van der Waals surface area contributed by atoms with Crippen LogP contribution in [0.15, 0.2) is 24.3 Å². The first-order valence-corrected chi connectivity index (χ1v) is 6.94. The zero-order chi connectivity index (χ0) is 13.9. The molecular weight excluding hydrogens is 241 g/mol. The van der Waals surface area contributed by atoms with E-state index in [1.54, 1.807) is 18.2 Å². The molecule has 3 heteroatoms. The summed E-state index contributed by atoms with van der Waals surface area (Å²) in [5, 5.41) is 0. The molecular formula is C16H22FNO. The number of carbonyl (C=O) groups excluding carboxylic acids is 1. The number of carbonyl (C=O) groups is 1. The number of piperidine rings is 1. The lowest BCUT2D eigenvalue weighted by molar-refractivity contribution is -0.120. The molecule has 1 saturated heterocycles. The Hall–Kier alpha value is -1.22. The van der Waals surface area contributed by atoms with Gasteiger partial charge in [0, 0.05) is 13.0 Å². The third-order valence-electron chi connectivity index (χ3n) is 3.72. The Labute approximate surface area is 114 Å². The summed E-state index contributed by atoms with van der Waals surface area (Å²) in [7, 11) is 0. The van der Waals surface area contributed by atoms with E-state index < -0.39 is 0 Å². The van der Waals surface area contributed by atoms with Gasteiger partial charge in [0.15, 0.2) is 5.78 Å². The van der Waals surface area contributed by atoms with Gasteiger partial charge in [-0.3, -0.25) is 9.69 Å². The third-order valence-corrected chi connectivity index (χ3v) is 3.72. The summed E-state index contributed by atoms with van der Waals surface area (Å²) in [6.45, 7) is 6.85. The molecule has 1 aromatic carbocycles. The standard InChI is InChI=1S/C16H22FNO/c1-16(2)8-5-9-18(12-16)11-14(19)10-13-6-3-4-7-15(13)17/h3-4,6-7H,5,8-12H2,1-2H3. The smallest absolute Gasteiger partial charge is 0.151 e. The highest BCUT2D eigenvalue weighted by atomic mass is 19.1. The van der Waals surface area contributed by atoms with Crippen LogP contribution in [0.5, 0.6) is 0 Å². The van der Waals surface area contributed by atoms with Crippen molar-refractivity contribution in [1.82, 2.24) is 4.90 Å². The fraction of sp³-hybridized carbons (Fsp3) is 0.562. The molecule has 0 atom stereocenters. The SMILES string of the molecule is CC1(C)CCCN(CC(=O)Cc2ccccc2F)C1. The quantitative estimate of drug-likeness (QED) is 0.832. The Morgan fingerprint density at radius 3 is 2.79 bits per heavy atom. The lowest BCUT2D eigenvalue weighted by atomic mass is 9.84. The van der Waals surface area contributed by atoms with E-state index in [0.717, 1.165) is 19.5 Å². The van der Waals surface area contributed by atoms with Crippen molar-refractivity contribution in [2.45, 2.75) is 33.1 Å². The summed E-state index contributed by atoms with van der Waals surface area (Å²) in [6.07, 6.45) is 2.55. The van der Waals surface area contributed by atoms with E-state index in [-0.39, 0.29) is 23.4 Å². The molecule has 19 heavy (non-hydrogen) atoms. The van der Waals surface area contributed by atoms with E-state index >= 15 is 0 Å². The molecule has 1 heterocycles. The van der Waals surface area contributed by atoms with Crippen LogP contribution in [0.25, 0.3) is 0 Å². The number of hydrogen-bond donors (Lipinski definition) is 0. The number of rotatable bonds is 4. The number of nitrogens with zero attached hydrogens (tertiary/aromatic N) is 1. The van der Waals surface area contributed by atoms with Gasteiger partial charge in [-0.2, -0.15) is 0 Å². The summed E-state index contributed by atoms with van der Waals surface area (Å²) < 4.78 is 13.5. The number of ketones is 1. The van der Waals surface area contributed by atoms with Gasteiger partial charge in [-0.05, 0) is 36.4 Å². The minimum atomic E-state index is -0.283. The van der Waals surface area contributed by atoms with Crippen molar-refractivity contribution in [2.24, 2.45) is 5.41 Å². The summed E-state index contributed by atoms with van der Waals surface area (Å²) in [5.41, 5.74) is 0.792. The first-order chi connectivity index (χ1) is 8.96. The van der Waals surface area contributed by atoms with Crippen LogP contribution in [0.3, 0.4) is 0 Å². The van der Waals surface area contributed by atoms with Crippen molar-refractivity contribution < 1.29 is 9.18 Å². The molecule has 0 radical (unpaired) electrons. The summed E-state index contributed by atoms with van der Waals surface area (Å²) in [4.78, 5) is 14.2. The molecule has 1 aromatic rings. The fourth-order valence-electron chi connectivity index (χ4n) is 2.84. The highest BCUT2D eigenvalue weighted by Crippen LogP contribution is 2.28. The van der Waals surface area contributed by atoms with Crippen LogP contribution in [-0.2, 0) is 11.2 Å². The van der Waals surface area contributed by atoms with Crippen LogP contribution >= 0.6 is 0 Å². The lowest BCUT2D eigenvalue weighted by Gasteiger charge is -2.37. The maximum absolute atomic E-state index is 13.5. The first-order valence-electron chi connectivity index (χ1n) is 6.94. The molecule has 104 valence electrons. The molecule has 0 unspecified atom stereocenters. The topological polar surface area (TPSA) is 20.3 Å². The monoisotopic (exact) mass is 263 g/mol. The summed E-state index contributed by atoms with van der Waals surface area (Å²) in [6, 6.07) is 6.52.